The Hall–Kier alpha value is -2.21. The average Bonchev–Trinajstić information content (AvgIpc) is 3.37. The van der Waals surface area contributed by atoms with Gasteiger partial charge in [-0.3, -0.25) is 4.79 Å². The lowest BCUT2D eigenvalue weighted by atomic mass is 10.2. The van der Waals surface area contributed by atoms with Crippen molar-refractivity contribution in [2.75, 3.05) is 6.54 Å². The van der Waals surface area contributed by atoms with E-state index < -0.39 is 14.4 Å². The van der Waals surface area contributed by atoms with Crippen LogP contribution < -0.4 is 10.4 Å². The zero-order valence-electron chi connectivity index (χ0n) is 17.9. The van der Waals surface area contributed by atoms with E-state index >= 15 is 0 Å². The van der Waals surface area contributed by atoms with Crippen LogP contribution in [0.3, 0.4) is 0 Å². The molecule has 0 saturated carbocycles. The highest BCUT2D eigenvalue weighted by molar-refractivity contribution is 7.09. The molecule has 2 aromatic carbocycles. The van der Waals surface area contributed by atoms with Crippen molar-refractivity contribution in [1.29, 1.82) is 0 Å². The molecule has 30 heavy (non-hydrogen) atoms. The summed E-state index contributed by atoms with van der Waals surface area (Å²) in [5, 5.41) is 4.37. The van der Waals surface area contributed by atoms with Crippen molar-refractivity contribution in [3.8, 4) is 0 Å². The molecule has 156 valence electrons. The maximum Gasteiger partial charge on any atom is 0.262 e. The fourth-order valence-corrected chi connectivity index (χ4v) is 9.85. The maximum atomic E-state index is 13.3. The van der Waals surface area contributed by atoms with Crippen molar-refractivity contribution in [3.05, 3.63) is 83.1 Å². The topological polar surface area (TPSA) is 29.5 Å². The number of likely N-dealkylation sites (tertiary alicyclic amines) is 1. The van der Waals surface area contributed by atoms with Crippen molar-refractivity contribution >= 4 is 35.9 Å². The molecule has 0 bridgehead atoms. The first-order valence-corrected chi connectivity index (χ1v) is 13.3. The van der Waals surface area contributed by atoms with Crippen LogP contribution in [0.2, 0.25) is 5.04 Å². The second kappa shape index (κ2) is 8.50. The van der Waals surface area contributed by atoms with Crippen LogP contribution in [0, 0.1) is 0 Å². The quantitative estimate of drug-likeness (QED) is 0.536. The molecule has 1 aliphatic rings. The van der Waals surface area contributed by atoms with E-state index in [0.717, 1.165) is 13.0 Å². The highest BCUT2D eigenvalue weighted by Gasteiger charge is 2.53. The number of amides is 1. The Bertz CT molecular complexity index is 928. The Balaban J connectivity index is 1.71. The van der Waals surface area contributed by atoms with E-state index in [-0.39, 0.29) is 10.9 Å². The first kappa shape index (κ1) is 21.0. The number of hydrogen-bond acceptors (Lipinski definition) is 3. The Morgan fingerprint density at radius 3 is 2.07 bits per heavy atom. The van der Waals surface area contributed by atoms with Crippen LogP contribution in [-0.2, 0) is 15.8 Å². The summed E-state index contributed by atoms with van der Waals surface area (Å²) in [6, 6.07) is 25.2. The Labute approximate surface area is 184 Å². The number of benzene rings is 2. The summed E-state index contributed by atoms with van der Waals surface area (Å²) in [5.41, 5.74) is 0. The molecule has 1 atom stereocenters. The van der Waals surface area contributed by atoms with Gasteiger partial charge in [0, 0.05) is 11.4 Å². The third-order valence-electron chi connectivity index (χ3n) is 5.91. The molecule has 0 aliphatic carbocycles. The van der Waals surface area contributed by atoms with E-state index in [2.05, 4.69) is 80.7 Å². The second-order valence-electron chi connectivity index (χ2n) is 8.90. The van der Waals surface area contributed by atoms with Crippen LogP contribution in [0.4, 0.5) is 0 Å². The highest BCUT2D eigenvalue weighted by Crippen LogP contribution is 2.38. The first-order chi connectivity index (χ1) is 14.4. The summed E-state index contributed by atoms with van der Waals surface area (Å²) in [7, 11) is -2.71. The predicted molar refractivity (Wildman–Crippen MR) is 127 cm³/mol. The molecule has 0 radical (unpaired) electrons. The molecular weight excluding hydrogens is 406 g/mol. The van der Waals surface area contributed by atoms with Gasteiger partial charge in [0.05, 0.1) is 6.54 Å². The number of rotatable bonds is 6. The van der Waals surface area contributed by atoms with Gasteiger partial charge >= 0.3 is 0 Å². The number of carbonyl (C=O) groups excluding carboxylic acids is 1. The molecule has 2 heterocycles. The number of nitrogens with zero attached hydrogens (tertiary/aromatic N) is 1. The van der Waals surface area contributed by atoms with Crippen molar-refractivity contribution < 1.29 is 9.22 Å². The van der Waals surface area contributed by atoms with Gasteiger partial charge in [0.25, 0.3) is 14.2 Å². The van der Waals surface area contributed by atoms with Crippen molar-refractivity contribution in [2.45, 2.75) is 44.9 Å². The van der Waals surface area contributed by atoms with Gasteiger partial charge in [-0.15, -0.1) is 11.3 Å². The summed E-state index contributed by atoms with van der Waals surface area (Å²) in [6.45, 7) is 8.18. The summed E-state index contributed by atoms with van der Waals surface area (Å²) < 4.78 is 7.05. The second-order valence-corrected chi connectivity index (χ2v) is 14.2. The number of carbonyl (C=O) groups is 1. The largest absolute Gasteiger partial charge is 0.395 e. The standard InChI is InChI=1S/C25H29NO2SSi/c1-25(2,3)30(21-12-6-4-7-13-21,22-14-8-5-9-15-22)28-23-16-17-26(24(23)27)19-20-11-10-18-29-20/h4-15,18,23H,16-17,19H2,1-3H3. The molecule has 1 saturated heterocycles. The fraction of sp³-hybridized carbons (Fsp3) is 0.320. The minimum atomic E-state index is -2.71. The monoisotopic (exact) mass is 435 g/mol. The highest BCUT2D eigenvalue weighted by atomic mass is 32.1. The van der Waals surface area contributed by atoms with Gasteiger partial charge < -0.3 is 9.33 Å². The summed E-state index contributed by atoms with van der Waals surface area (Å²) >= 11 is 1.70. The fourth-order valence-electron chi connectivity index (χ4n) is 4.47. The predicted octanol–water partition coefficient (Wildman–Crippen LogP) is 4.43. The molecule has 0 N–H and O–H groups in total. The van der Waals surface area contributed by atoms with E-state index in [9.17, 15) is 4.79 Å². The zero-order valence-corrected chi connectivity index (χ0v) is 19.7. The van der Waals surface area contributed by atoms with E-state index in [1.54, 1.807) is 11.3 Å². The number of hydrogen-bond donors (Lipinski definition) is 0. The lowest BCUT2D eigenvalue weighted by molar-refractivity contribution is -0.134. The van der Waals surface area contributed by atoms with Gasteiger partial charge in [-0.1, -0.05) is 87.5 Å². The van der Waals surface area contributed by atoms with Gasteiger partial charge in [-0.05, 0) is 33.3 Å². The van der Waals surface area contributed by atoms with Gasteiger partial charge in [0.15, 0.2) is 0 Å². The molecular formula is C25H29NO2SSi. The van der Waals surface area contributed by atoms with Crippen molar-refractivity contribution in [1.82, 2.24) is 4.90 Å². The molecule has 0 spiro atoms. The van der Waals surface area contributed by atoms with Crippen LogP contribution in [0.5, 0.6) is 0 Å². The SMILES string of the molecule is CC(C)(C)[Si](OC1CCN(Cc2cccs2)C1=O)(c1ccccc1)c1ccccc1. The van der Waals surface area contributed by atoms with Gasteiger partial charge in [-0.25, -0.2) is 0 Å². The summed E-state index contributed by atoms with van der Waals surface area (Å²) in [6.07, 6.45) is 0.352. The lowest BCUT2D eigenvalue weighted by Crippen LogP contribution is -2.68. The van der Waals surface area contributed by atoms with Crippen LogP contribution >= 0.6 is 11.3 Å². The zero-order chi connectivity index (χ0) is 21.2. The smallest absolute Gasteiger partial charge is 0.262 e. The van der Waals surface area contributed by atoms with Crippen LogP contribution in [0.1, 0.15) is 32.1 Å². The molecule has 1 fully saturated rings. The normalized spacial score (nSPS) is 17.5. The van der Waals surface area contributed by atoms with Gasteiger partial charge in [0.2, 0.25) is 0 Å². The molecule has 3 nitrogen and oxygen atoms in total. The summed E-state index contributed by atoms with van der Waals surface area (Å²) in [5.74, 6) is 0.122. The Morgan fingerprint density at radius 1 is 0.967 bits per heavy atom. The third-order valence-corrected chi connectivity index (χ3v) is 11.8. The maximum absolute atomic E-state index is 13.3. The van der Waals surface area contributed by atoms with Crippen LogP contribution in [0.25, 0.3) is 0 Å². The van der Waals surface area contributed by atoms with E-state index in [0.29, 0.717) is 6.54 Å². The molecule has 3 aromatic rings. The van der Waals surface area contributed by atoms with Crippen LogP contribution in [-0.4, -0.2) is 31.8 Å². The molecule has 5 heteroatoms. The molecule has 1 amide bonds. The van der Waals surface area contributed by atoms with E-state index in [1.807, 2.05) is 23.1 Å². The Kier molecular flexibility index (Phi) is 5.96. The summed E-state index contributed by atoms with van der Waals surface area (Å²) in [4.78, 5) is 16.5. The minimum Gasteiger partial charge on any atom is -0.395 e. The Morgan fingerprint density at radius 2 is 1.57 bits per heavy atom. The molecule has 1 aliphatic heterocycles. The van der Waals surface area contributed by atoms with Crippen molar-refractivity contribution in [2.24, 2.45) is 0 Å². The van der Waals surface area contributed by atoms with Crippen molar-refractivity contribution in [3.63, 3.8) is 0 Å². The number of thiophene rings is 1. The third kappa shape index (κ3) is 3.89. The van der Waals surface area contributed by atoms with Crippen LogP contribution in [0.15, 0.2) is 78.2 Å². The lowest BCUT2D eigenvalue weighted by Gasteiger charge is -2.44. The molecule has 1 aromatic heterocycles. The van der Waals surface area contributed by atoms with E-state index in [1.165, 1.54) is 15.3 Å². The average molecular weight is 436 g/mol. The van der Waals surface area contributed by atoms with Gasteiger partial charge in [0.1, 0.15) is 6.10 Å². The molecule has 1 unspecified atom stereocenters. The van der Waals surface area contributed by atoms with Gasteiger partial charge in [-0.2, -0.15) is 0 Å². The van der Waals surface area contributed by atoms with E-state index in [4.69, 9.17) is 4.43 Å². The molecule has 4 rings (SSSR count). The first-order valence-electron chi connectivity index (χ1n) is 10.5. The minimum absolute atomic E-state index is 0.122.